The van der Waals surface area contributed by atoms with E-state index in [1.54, 1.807) is 6.26 Å². The third-order valence-corrected chi connectivity index (χ3v) is 9.06. The van der Waals surface area contributed by atoms with Crippen LogP contribution in [0.4, 0.5) is 0 Å². The van der Waals surface area contributed by atoms with Gasteiger partial charge >= 0.3 is 17.9 Å². The van der Waals surface area contributed by atoms with Crippen molar-refractivity contribution in [2.24, 2.45) is 44.4 Å². The van der Waals surface area contributed by atoms with E-state index < -0.39 is 134 Å². The van der Waals surface area contributed by atoms with Gasteiger partial charge in [-0.2, -0.15) is 11.8 Å². The summed E-state index contributed by atoms with van der Waals surface area (Å²) in [6, 6.07) is -8.73. The van der Waals surface area contributed by atoms with Crippen molar-refractivity contribution in [3.63, 3.8) is 0 Å². The Hall–Kier alpha value is -6.45. The number of carbonyl (C=O) groups excluding carboxylic acids is 7. The van der Waals surface area contributed by atoms with Gasteiger partial charge in [0.15, 0.2) is 11.9 Å². The van der Waals surface area contributed by atoms with E-state index in [-0.39, 0.29) is 69.3 Å². The number of carboxylic acid groups (broad SMARTS) is 3. The highest BCUT2D eigenvalue weighted by atomic mass is 32.2. The quantitative estimate of drug-likeness (QED) is 0.0165. The lowest BCUT2D eigenvalue weighted by Crippen LogP contribution is -2.59. The molecule has 6 atom stereocenters. The lowest BCUT2D eigenvalue weighted by Gasteiger charge is -2.27. The van der Waals surface area contributed by atoms with E-state index >= 15 is 0 Å². The van der Waals surface area contributed by atoms with E-state index in [9.17, 15) is 53.1 Å². The Morgan fingerprint density at radius 2 is 0.871 bits per heavy atom. The fourth-order valence-corrected chi connectivity index (χ4v) is 5.68. The molecule has 62 heavy (non-hydrogen) atoms. The first-order valence-corrected chi connectivity index (χ1v) is 20.6. The number of guanidine groups is 2. The molecule has 0 heterocycles. The van der Waals surface area contributed by atoms with Crippen LogP contribution < -0.4 is 66.3 Å². The van der Waals surface area contributed by atoms with Gasteiger partial charge in [0.05, 0.1) is 6.04 Å². The van der Waals surface area contributed by atoms with E-state index in [1.165, 1.54) is 11.8 Å². The molecule has 7 amide bonds. The van der Waals surface area contributed by atoms with E-state index in [4.69, 9.17) is 44.6 Å². The van der Waals surface area contributed by atoms with Crippen LogP contribution in [0, 0.1) is 0 Å². The summed E-state index contributed by atoms with van der Waals surface area (Å²) < 4.78 is 0. The highest BCUT2D eigenvalue weighted by Gasteiger charge is 2.33. The van der Waals surface area contributed by atoms with Crippen molar-refractivity contribution in [1.29, 1.82) is 0 Å². The van der Waals surface area contributed by atoms with Crippen molar-refractivity contribution in [3.8, 4) is 0 Å². The number of carboxylic acids is 3. The summed E-state index contributed by atoms with van der Waals surface area (Å²) in [4.78, 5) is 133. The number of carbonyl (C=O) groups is 10. The lowest BCUT2D eigenvalue weighted by atomic mass is 10.0. The minimum absolute atomic E-state index is 0.0101. The van der Waals surface area contributed by atoms with Crippen molar-refractivity contribution in [2.75, 3.05) is 31.6 Å². The highest BCUT2D eigenvalue weighted by Crippen LogP contribution is 2.09. The fourth-order valence-electron chi connectivity index (χ4n) is 5.21. The predicted molar refractivity (Wildman–Crippen MR) is 223 cm³/mol. The van der Waals surface area contributed by atoms with Gasteiger partial charge in [-0.25, -0.2) is 0 Å². The van der Waals surface area contributed by atoms with E-state index in [0.717, 1.165) is 0 Å². The molecule has 0 saturated carbocycles. The largest absolute Gasteiger partial charge is 0.481 e. The molecule has 0 saturated heterocycles. The molecule has 0 aromatic rings. The number of amides is 7. The van der Waals surface area contributed by atoms with Gasteiger partial charge in [0, 0.05) is 32.4 Å². The molecule has 0 radical (unpaired) electrons. The number of hydrogen-bond donors (Lipinski definition) is 15. The van der Waals surface area contributed by atoms with Gasteiger partial charge in [-0.3, -0.25) is 57.9 Å². The maximum Gasteiger partial charge on any atom is 0.322 e. The third-order valence-electron chi connectivity index (χ3n) is 8.41. The zero-order valence-electron chi connectivity index (χ0n) is 34.3. The molecule has 0 spiro atoms. The number of primary amides is 1. The van der Waals surface area contributed by atoms with Gasteiger partial charge in [-0.15, -0.1) is 0 Å². The lowest BCUT2D eigenvalue weighted by molar-refractivity contribution is -0.139. The number of nitrogens with one attached hydrogen (secondary N) is 6. The number of nitrogens with zero attached hydrogens (tertiary/aromatic N) is 2. The van der Waals surface area contributed by atoms with Gasteiger partial charge in [-0.05, 0) is 63.4 Å². The average molecular weight is 905 g/mol. The summed E-state index contributed by atoms with van der Waals surface area (Å²) in [5.41, 5.74) is 32.6. The zero-order chi connectivity index (χ0) is 47.4. The summed E-state index contributed by atoms with van der Waals surface area (Å²) in [6.07, 6.45) is -1.07. The molecule has 0 aliphatic rings. The molecule has 0 unspecified atom stereocenters. The van der Waals surface area contributed by atoms with Crippen LogP contribution in [0.15, 0.2) is 9.98 Å². The summed E-state index contributed by atoms with van der Waals surface area (Å²) >= 11 is 1.27. The summed E-state index contributed by atoms with van der Waals surface area (Å²) in [5, 5.41) is 41.5. The first-order chi connectivity index (χ1) is 29.1. The SMILES string of the molecule is CSCC[C@H](NC(=O)[C@H](CCC(=O)O)NC(=O)[C@@H](N)CCC(=O)O)C(=O)N[C@@H](CCC(N)=O)C(=O)N[C@@H](CCCN=C(N)N)C(=O)N[C@@H](CCCN=C(N)N)C(=O)NCC(=O)O. The molecule has 0 fully saturated rings. The van der Waals surface area contributed by atoms with Crippen LogP contribution in [0.3, 0.4) is 0 Å². The molecular formula is C34H60N14O13S. The van der Waals surface area contributed by atoms with Crippen LogP contribution in [-0.2, 0) is 47.9 Å². The molecule has 0 aliphatic heterocycles. The topological polar surface area (TPSA) is 484 Å². The van der Waals surface area contributed by atoms with Crippen LogP contribution in [0.25, 0.3) is 0 Å². The second-order valence-electron chi connectivity index (χ2n) is 13.6. The maximum atomic E-state index is 13.9. The molecular weight excluding hydrogens is 845 g/mol. The Labute approximate surface area is 360 Å². The third kappa shape index (κ3) is 25.9. The average Bonchev–Trinajstić information content (AvgIpc) is 3.18. The number of aliphatic imine (C=N–C) groups is 2. The van der Waals surface area contributed by atoms with Crippen LogP contribution in [0.2, 0.25) is 0 Å². The Morgan fingerprint density at radius 1 is 0.500 bits per heavy atom. The highest BCUT2D eigenvalue weighted by molar-refractivity contribution is 7.98. The van der Waals surface area contributed by atoms with Gasteiger partial charge in [-0.1, -0.05) is 0 Å². The molecule has 350 valence electrons. The second kappa shape index (κ2) is 30.6. The van der Waals surface area contributed by atoms with Crippen LogP contribution >= 0.6 is 11.8 Å². The minimum atomic E-state index is -1.58. The molecule has 0 aliphatic carbocycles. The van der Waals surface area contributed by atoms with Gasteiger partial charge in [0.2, 0.25) is 41.4 Å². The maximum absolute atomic E-state index is 13.9. The molecule has 28 heteroatoms. The summed E-state index contributed by atoms with van der Waals surface area (Å²) in [5.74, 6) is -10.8. The van der Waals surface area contributed by atoms with Gasteiger partial charge in [0.25, 0.3) is 0 Å². The normalized spacial score (nSPS) is 13.5. The number of aliphatic carboxylic acids is 3. The molecule has 0 aromatic carbocycles. The van der Waals surface area contributed by atoms with Crippen molar-refractivity contribution in [2.45, 2.75) is 107 Å². The second-order valence-corrected chi connectivity index (χ2v) is 14.6. The van der Waals surface area contributed by atoms with Crippen molar-refractivity contribution >= 4 is 82.9 Å². The fraction of sp³-hybridized carbons (Fsp3) is 0.647. The number of nitrogens with two attached hydrogens (primary N) is 6. The Morgan fingerprint density at radius 3 is 1.26 bits per heavy atom. The monoisotopic (exact) mass is 904 g/mol. The van der Waals surface area contributed by atoms with Crippen LogP contribution in [-0.4, -0.2) is 154 Å². The van der Waals surface area contributed by atoms with E-state index in [2.05, 4.69) is 41.9 Å². The Balaban J connectivity index is 6.57. The molecule has 21 N–H and O–H groups in total. The Bertz CT molecular complexity index is 1630. The molecule has 0 bridgehead atoms. The van der Waals surface area contributed by atoms with Crippen molar-refractivity contribution in [3.05, 3.63) is 0 Å². The van der Waals surface area contributed by atoms with Gasteiger partial charge < -0.3 is 81.6 Å². The zero-order valence-corrected chi connectivity index (χ0v) is 35.1. The Kier molecular flexibility index (Phi) is 27.4. The van der Waals surface area contributed by atoms with E-state index in [1.807, 2.05) is 0 Å². The minimum Gasteiger partial charge on any atom is -0.481 e. The predicted octanol–water partition coefficient (Wildman–Crippen LogP) is -6.21. The standard InChI is InChI=1S/C34H60N14O13S/c1-62-15-12-22(48-31(60)21(8-11-25(52)53)44-27(56)17(35)6-10-24(50)51)32(61)47-20(7-9-23(36)49)30(59)46-19(5-3-14-42-34(39)40)29(58)45-18(4-2-13-41-33(37)38)28(57)43-16-26(54)55/h17-22H,2-16,35H2,1H3,(H2,36,49)(H,43,57)(H,44,56)(H,45,58)(H,46,59)(H,47,61)(H,48,60)(H,50,51)(H,52,53)(H,54,55)(H4,37,38,41)(H4,39,40,42)/t17-,18-,19-,20-,21-,22-/m0/s1. The van der Waals surface area contributed by atoms with Crippen LogP contribution in [0.1, 0.15) is 70.6 Å². The van der Waals surface area contributed by atoms with Gasteiger partial charge in [0.1, 0.15) is 36.8 Å². The molecule has 0 aromatic heterocycles. The van der Waals surface area contributed by atoms with Crippen LogP contribution in [0.5, 0.6) is 0 Å². The first kappa shape index (κ1) is 55.5. The summed E-state index contributed by atoms with van der Waals surface area (Å²) in [6.45, 7) is -0.749. The summed E-state index contributed by atoms with van der Waals surface area (Å²) in [7, 11) is 0. The van der Waals surface area contributed by atoms with Crippen molar-refractivity contribution < 1.29 is 63.3 Å². The molecule has 0 rings (SSSR count). The van der Waals surface area contributed by atoms with E-state index in [0.29, 0.717) is 0 Å². The van der Waals surface area contributed by atoms with Crippen molar-refractivity contribution in [1.82, 2.24) is 31.9 Å². The number of hydrogen-bond acceptors (Lipinski definition) is 14. The molecule has 27 nitrogen and oxygen atoms in total. The number of thioether (sulfide) groups is 1. The number of rotatable bonds is 33. The smallest absolute Gasteiger partial charge is 0.322 e. The first-order valence-electron chi connectivity index (χ1n) is 19.2.